The van der Waals surface area contributed by atoms with Gasteiger partial charge in [-0.3, -0.25) is 4.79 Å². The number of ether oxygens (including phenoxy) is 3. The molecule has 0 saturated carbocycles. The number of nitrogens with one attached hydrogen (secondary N) is 1. The maximum atomic E-state index is 13.2. The van der Waals surface area contributed by atoms with Crippen LogP contribution >= 0.6 is 0 Å². The highest BCUT2D eigenvalue weighted by Gasteiger charge is 2.22. The van der Waals surface area contributed by atoms with Crippen LogP contribution in [-0.2, 0) is 23.1 Å². The molecule has 2 aromatic rings. The lowest BCUT2D eigenvalue weighted by molar-refractivity contribution is -0.133. The number of aryl methyl sites for hydroxylation is 1. The van der Waals surface area contributed by atoms with Gasteiger partial charge in [0, 0.05) is 63.0 Å². The summed E-state index contributed by atoms with van der Waals surface area (Å²) in [6, 6.07) is 8.72. The Morgan fingerprint density at radius 1 is 1.03 bits per heavy atom. The highest BCUT2D eigenvalue weighted by atomic mass is 16.5. The Bertz CT molecular complexity index is 876. The molecule has 0 unspecified atom stereocenters. The number of nitrogens with zero attached hydrogens (tertiary/aromatic N) is 3. The lowest BCUT2D eigenvalue weighted by Crippen LogP contribution is -2.45. The highest BCUT2D eigenvalue weighted by Crippen LogP contribution is 2.26. The van der Waals surface area contributed by atoms with Gasteiger partial charge in [-0.2, -0.15) is 0 Å². The Labute approximate surface area is 196 Å². The molecule has 0 spiro atoms. The van der Waals surface area contributed by atoms with Gasteiger partial charge >= 0.3 is 6.03 Å². The van der Waals surface area contributed by atoms with Crippen LogP contribution in [-0.4, -0.2) is 73.9 Å². The summed E-state index contributed by atoms with van der Waals surface area (Å²) in [5, 5.41) is 2.87. The summed E-state index contributed by atoms with van der Waals surface area (Å²) in [4.78, 5) is 29.6. The minimum atomic E-state index is -0.349. The molecule has 9 heteroatoms. The molecular formula is C24H36N4O5. The van der Waals surface area contributed by atoms with Gasteiger partial charge in [-0.1, -0.05) is 13.3 Å². The van der Waals surface area contributed by atoms with E-state index in [-0.39, 0.29) is 18.5 Å². The van der Waals surface area contributed by atoms with E-state index in [1.807, 2.05) is 36.9 Å². The van der Waals surface area contributed by atoms with Gasteiger partial charge in [0.15, 0.2) is 0 Å². The molecule has 0 aliphatic heterocycles. The molecule has 0 radical (unpaired) electrons. The predicted molar refractivity (Wildman–Crippen MR) is 128 cm³/mol. The molecule has 0 atom stereocenters. The number of methoxy groups -OCH3 is 3. The van der Waals surface area contributed by atoms with Crippen molar-refractivity contribution in [1.82, 2.24) is 14.4 Å². The van der Waals surface area contributed by atoms with Gasteiger partial charge in [0.25, 0.3) is 0 Å². The standard InChI is InChI=1S/C24H36N4O5/c1-6-7-11-28(24(30)25-19-14-21(32-4)16-22(15-19)33-5)18-23(29)27(12-13-31-3)17-20-9-8-10-26(20)2/h8-10,14-16H,6-7,11-13,17-18H2,1-5H3,(H,25,30). The molecule has 9 nitrogen and oxygen atoms in total. The van der Waals surface area contributed by atoms with Crippen LogP contribution in [0.15, 0.2) is 36.5 Å². The molecular weight excluding hydrogens is 424 g/mol. The van der Waals surface area contributed by atoms with Crippen LogP contribution in [0.3, 0.4) is 0 Å². The Balaban J connectivity index is 2.15. The monoisotopic (exact) mass is 460 g/mol. The fourth-order valence-corrected chi connectivity index (χ4v) is 3.30. The first-order valence-corrected chi connectivity index (χ1v) is 11.1. The molecule has 0 bridgehead atoms. The van der Waals surface area contributed by atoms with Gasteiger partial charge in [-0.25, -0.2) is 4.79 Å². The molecule has 33 heavy (non-hydrogen) atoms. The molecule has 0 saturated heterocycles. The number of aromatic nitrogens is 1. The number of anilines is 1. The maximum Gasteiger partial charge on any atom is 0.322 e. The Morgan fingerprint density at radius 3 is 2.27 bits per heavy atom. The molecule has 0 fully saturated rings. The summed E-state index contributed by atoms with van der Waals surface area (Å²) >= 11 is 0. The second kappa shape index (κ2) is 13.4. The van der Waals surface area contributed by atoms with Gasteiger partial charge in [-0.15, -0.1) is 0 Å². The molecule has 1 heterocycles. The van der Waals surface area contributed by atoms with Crippen molar-refractivity contribution in [3.63, 3.8) is 0 Å². The minimum Gasteiger partial charge on any atom is -0.497 e. The molecule has 182 valence electrons. The predicted octanol–water partition coefficient (Wildman–Crippen LogP) is 3.35. The third-order valence-electron chi connectivity index (χ3n) is 5.32. The van der Waals surface area contributed by atoms with Crippen LogP contribution in [0.2, 0.25) is 0 Å². The van der Waals surface area contributed by atoms with E-state index < -0.39 is 0 Å². The van der Waals surface area contributed by atoms with Gasteiger partial charge in [0.1, 0.15) is 18.0 Å². The highest BCUT2D eigenvalue weighted by molar-refractivity contribution is 5.92. The molecule has 1 aromatic heterocycles. The summed E-state index contributed by atoms with van der Waals surface area (Å²) in [5.74, 6) is 0.992. The quantitative estimate of drug-likeness (QED) is 0.496. The summed E-state index contributed by atoms with van der Waals surface area (Å²) < 4.78 is 17.7. The van der Waals surface area contributed by atoms with Crippen LogP contribution in [0.5, 0.6) is 11.5 Å². The molecule has 2 rings (SSSR count). The fraction of sp³-hybridized carbons (Fsp3) is 0.500. The van der Waals surface area contributed by atoms with Crippen molar-refractivity contribution in [3.05, 3.63) is 42.2 Å². The first-order chi connectivity index (χ1) is 15.9. The topological polar surface area (TPSA) is 85.3 Å². The van der Waals surface area contributed by atoms with E-state index in [1.165, 1.54) is 0 Å². The lowest BCUT2D eigenvalue weighted by atomic mass is 10.2. The van der Waals surface area contributed by atoms with Crippen molar-refractivity contribution < 1.29 is 23.8 Å². The number of rotatable bonds is 13. The number of urea groups is 1. The van der Waals surface area contributed by atoms with Crippen molar-refractivity contribution in [2.75, 3.05) is 52.9 Å². The number of hydrogen-bond donors (Lipinski definition) is 1. The second-order valence-electron chi connectivity index (χ2n) is 7.73. The van der Waals surface area contributed by atoms with E-state index in [0.29, 0.717) is 43.4 Å². The smallest absolute Gasteiger partial charge is 0.322 e. The third kappa shape index (κ3) is 8.02. The zero-order valence-electron chi connectivity index (χ0n) is 20.3. The lowest BCUT2D eigenvalue weighted by Gasteiger charge is -2.28. The van der Waals surface area contributed by atoms with Gasteiger partial charge in [-0.05, 0) is 18.6 Å². The van der Waals surface area contributed by atoms with E-state index in [9.17, 15) is 9.59 Å². The van der Waals surface area contributed by atoms with E-state index >= 15 is 0 Å². The summed E-state index contributed by atoms with van der Waals surface area (Å²) in [6.45, 7) is 3.80. The molecule has 0 aliphatic carbocycles. The number of benzene rings is 1. The van der Waals surface area contributed by atoms with E-state index in [2.05, 4.69) is 5.32 Å². The van der Waals surface area contributed by atoms with Crippen LogP contribution < -0.4 is 14.8 Å². The first-order valence-electron chi connectivity index (χ1n) is 11.1. The zero-order valence-corrected chi connectivity index (χ0v) is 20.3. The first kappa shape index (κ1) is 26.1. The SMILES string of the molecule is CCCCN(CC(=O)N(CCOC)Cc1cccn1C)C(=O)Nc1cc(OC)cc(OC)c1. The molecule has 0 aliphatic rings. The van der Waals surface area contributed by atoms with Gasteiger partial charge in [0.05, 0.1) is 27.4 Å². The van der Waals surface area contributed by atoms with Crippen molar-refractivity contribution in [1.29, 1.82) is 0 Å². The summed E-state index contributed by atoms with van der Waals surface area (Å²) in [6.07, 6.45) is 3.64. The van der Waals surface area contributed by atoms with Crippen molar-refractivity contribution in [2.24, 2.45) is 7.05 Å². The van der Waals surface area contributed by atoms with Crippen LogP contribution in [0, 0.1) is 0 Å². The third-order valence-corrected chi connectivity index (χ3v) is 5.32. The second-order valence-corrected chi connectivity index (χ2v) is 7.73. The van der Waals surface area contributed by atoms with Gasteiger partial charge in [0.2, 0.25) is 5.91 Å². The Hall–Kier alpha value is -3.20. The van der Waals surface area contributed by atoms with Crippen molar-refractivity contribution in [2.45, 2.75) is 26.3 Å². The van der Waals surface area contributed by atoms with E-state index in [0.717, 1.165) is 18.5 Å². The Kier molecular flexibility index (Phi) is 10.6. The molecule has 3 amide bonds. The summed E-state index contributed by atoms with van der Waals surface area (Å²) in [7, 11) is 6.65. The Morgan fingerprint density at radius 2 is 1.73 bits per heavy atom. The average Bonchev–Trinajstić information content (AvgIpc) is 3.22. The fourth-order valence-electron chi connectivity index (χ4n) is 3.30. The number of carbonyl (C=O) groups excluding carboxylic acids is 2. The van der Waals surface area contributed by atoms with E-state index in [1.54, 1.807) is 49.3 Å². The normalized spacial score (nSPS) is 10.6. The van der Waals surface area contributed by atoms with Crippen LogP contribution in [0.25, 0.3) is 0 Å². The van der Waals surface area contributed by atoms with E-state index in [4.69, 9.17) is 14.2 Å². The van der Waals surface area contributed by atoms with Gasteiger partial charge < -0.3 is 33.9 Å². The minimum absolute atomic E-state index is 0.0267. The number of hydrogen-bond acceptors (Lipinski definition) is 5. The van der Waals surface area contributed by atoms with Crippen molar-refractivity contribution >= 4 is 17.6 Å². The zero-order chi connectivity index (χ0) is 24.2. The number of amides is 3. The largest absolute Gasteiger partial charge is 0.497 e. The molecule has 1 aromatic carbocycles. The maximum absolute atomic E-state index is 13.2. The number of carbonyl (C=O) groups is 2. The van der Waals surface area contributed by atoms with Crippen LogP contribution in [0.1, 0.15) is 25.5 Å². The van der Waals surface area contributed by atoms with Crippen molar-refractivity contribution in [3.8, 4) is 11.5 Å². The van der Waals surface area contributed by atoms with Crippen LogP contribution in [0.4, 0.5) is 10.5 Å². The number of unbranched alkanes of at least 4 members (excludes halogenated alkanes) is 1. The molecule has 1 N–H and O–H groups in total. The average molecular weight is 461 g/mol. The summed E-state index contributed by atoms with van der Waals surface area (Å²) in [5.41, 5.74) is 1.54.